The molecule has 2 amide bonds. The van der Waals surface area contributed by atoms with Crippen LogP contribution in [0.5, 0.6) is 0 Å². The van der Waals surface area contributed by atoms with E-state index >= 15 is 0 Å². The summed E-state index contributed by atoms with van der Waals surface area (Å²) in [6.45, 7) is 6.61. The van der Waals surface area contributed by atoms with Gasteiger partial charge in [0, 0.05) is 19.0 Å². The highest BCUT2D eigenvalue weighted by Gasteiger charge is 2.28. The van der Waals surface area contributed by atoms with Crippen molar-refractivity contribution in [2.24, 2.45) is 0 Å². The highest BCUT2D eigenvalue weighted by atomic mass is 16.2. The Morgan fingerprint density at radius 1 is 1.35 bits per heavy atom. The smallest absolute Gasteiger partial charge is 0.237 e. The molecular weight excluding hydrogens is 328 g/mol. The molecule has 6 nitrogen and oxygen atoms in total. The Labute approximate surface area is 155 Å². The number of carbonyl (C=O) groups excluding carboxylic acids is 2. The van der Waals surface area contributed by atoms with Crippen LogP contribution in [0.25, 0.3) is 0 Å². The average molecular weight is 356 g/mol. The zero-order valence-electron chi connectivity index (χ0n) is 15.8. The summed E-state index contributed by atoms with van der Waals surface area (Å²) >= 11 is 0. The SMILES string of the molecule is C[C@@H](CC(=O)NC(C)(C)c1ccccc1)NCC(=O)N1CCC[C@H]1C#N. The van der Waals surface area contributed by atoms with Gasteiger partial charge < -0.3 is 15.5 Å². The Kier molecular flexibility index (Phi) is 6.76. The summed E-state index contributed by atoms with van der Waals surface area (Å²) in [5.41, 5.74) is 0.587. The van der Waals surface area contributed by atoms with Gasteiger partial charge in [-0.2, -0.15) is 5.26 Å². The van der Waals surface area contributed by atoms with Crippen LogP contribution in [0, 0.1) is 11.3 Å². The Morgan fingerprint density at radius 2 is 2.04 bits per heavy atom. The summed E-state index contributed by atoms with van der Waals surface area (Å²) < 4.78 is 0. The van der Waals surface area contributed by atoms with Gasteiger partial charge in [0.2, 0.25) is 11.8 Å². The first-order valence-corrected chi connectivity index (χ1v) is 9.12. The van der Waals surface area contributed by atoms with Crippen LogP contribution >= 0.6 is 0 Å². The number of nitriles is 1. The molecule has 1 saturated heterocycles. The number of likely N-dealkylation sites (tertiary alicyclic amines) is 1. The fraction of sp³-hybridized carbons (Fsp3) is 0.550. The van der Waals surface area contributed by atoms with Gasteiger partial charge in [0.25, 0.3) is 0 Å². The Balaban J connectivity index is 1.78. The van der Waals surface area contributed by atoms with E-state index in [9.17, 15) is 9.59 Å². The van der Waals surface area contributed by atoms with E-state index in [-0.39, 0.29) is 36.9 Å². The number of carbonyl (C=O) groups is 2. The number of rotatable bonds is 7. The first kappa shape index (κ1) is 19.9. The van der Waals surface area contributed by atoms with Gasteiger partial charge in [-0.05, 0) is 39.2 Å². The number of nitrogens with zero attached hydrogens (tertiary/aromatic N) is 2. The normalized spacial score (nSPS) is 18.2. The van der Waals surface area contributed by atoms with E-state index in [4.69, 9.17) is 5.26 Å². The highest BCUT2D eigenvalue weighted by molar-refractivity contribution is 5.80. The molecule has 2 N–H and O–H groups in total. The molecule has 1 aromatic rings. The molecule has 26 heavy (non-hydrogen) atoms. The topological polar surface area (TPSA) is 85.2 Å². The second kappa shape index (κ2) is 8.81. The van der Waals surface area contributed by atoms with Gasteiger partial charge in [0.1, 0.15) is 6.04 Å². The molecule has 6 heteroatoms. The van der Waals surface area contributed by atoms with Crippen LogP contribution in [0.4, 0.5) is 0 Å². The molecule has 0 aromatic heterocycles. The lowest BCUT2D eigenvalue weighted by atomic mass is 9.94. The van der Waals surface area contributed by atoms with Crippen molar-refractivity contribution in [3.05, 3.63) is 35.9 Å². The van der Waals surface area contributed by atoms with E-state index in [1.54, 1.807) is 4.90 Å². The van der Waals surface area contributed by atoms with Gasteiger partial charge in [-0.25, -0.2) is 0 Å². The summed E-state index contributed by atoms with van der Waals surface area (Å²) in [6.07, 6.45) is 1.90. The lowest BCUT2D eigenvalue weighted by Crippen LogP contribution is -2.46. The first-order valence-electron chi connectivity index (χ1n) is 9.12. The fourth-order valence-electron chi connectivity index (χ4n) is 3.24. The van der Waals surface area contributed by atoms with E-state index in [0.717, 1.165) is 18.4 Å². The zero-order chi connectivity index (χ0) is 19.2. The number of nitrogens with one attached hydrogen (secondary N) is 2. The zero-order valence-corrected chi connectivity index (χ0v) is 15.8. The van der Waals surface area contributed by atoms with E-state index in [2.05, 4.69) is 16.7 Å². The Morgan fingerprint density at radius 3 is 2.69 bits per heavy atom. The van der Waals surface area contributed by atoms with Crippen molar-refractivity contribution in [3.63, 3.8) is 0 Å². The molecule has 1 aliphatic heterocycles. The van der Waals surface area contributed by atoms with Crippen LogP contribution in [0.15, 0.2) is 30.3 Å². The van der Waals surface area contributed by atoms with Crippen molar-refractivity contribution in [1.29, 1.82) is 5.26 Å². The van der Waals surface area contributed by atoms with Crippen LogP contribution < -0.4 is 10.6 Å². The molecule has 0 radical (unpaired) electrons. The summed E-state index contributed by atoms with van der Waals surface area (Å²) in [5.74, 6) is -0.145. The van der Waals surface area contributed by atoms with E-state index in [0.29, 0.717) is 6.54 Å². The molecule has 2 rings (SSSR count). The minimum absolute atomic E-state index is 0.0672. The number of hydrogen-bond acceptors (Lipinski definition) is 4. The van der Waals surface area contributed by atoms with Crippen molar-refractivity contribution in [1.82, 2.24) is 15.5 Å². The Hall–Kier alpha value is -2.39. The maximum Gasteiger partial charge on any atom is 0.237 e. The first-order chi connectivity index (χ1) is 12.3. The van der Waals surface area contributed by atoms with Gasteiger partial charge in [0.15, 0.2) is 0 Å². The van der Waals surface area contributed by atoms with Crippen LogP contribution in [0.1, 0.15) is 45.6 Å². The predicted molar refractivity (Wildman–Crippen MR) is 100 cm³/mol. The molecule has 1 fully saturated rings. The van der Waals surface area contributed by atoms with Crippen LogP contribution in [0.2, 0.25) is 0 Å². The van der Waals surface area contributed by atoms with Gasteiger partial charge in [0.05, 0.1) is 18.2 Å². The molecule has 1 aromatic carbocycles. The monoisotopic (exact) mass is 356 g/mol. The van der Waals surface area contributed by atoms with Crippen LogP contribution in [-0.2, 0) is 15.1 Å². The summed E-state index contributed by atoms with van der Waals surface area (Å²) in [7, 11) is 0. The molecule has 1 heterocycles. The number of hydrogen-bond donors (Lipinski definition) is 2. The van der Waals surface area contributed by atoms with Crippen LogP contribution in [-0.4, -0.2) is 41.9 Å². The lowest BCUT2D eigenvalue weighted by molar-refractivity contribution is -0.130. The van der Waals surface area contributed by atoms with Crippen molar-refractivity contribution in [2.75, 3.05) is 13.1 Å². The maximum atomic E-state index is 12.4. The second-order valence-electron chi connectivity index (χ2n) is 7.40. The van der Waals surface area contributed by atoms with Crippen molar-refractivity contribution in [2.45, 2.75) is 57.7 Å². The summed E-state index contributed by atoms with van der Waals surface area (Å²) in [4.78, 5) is 26.2. The minimum atomic E-state index is -0.455. The third kappa shape index (κ3) is 5.30. The summed E-state index contributed by atoms with van der Waals surface area (Å²) in [6, 6.07) is 11.6. The second-order valence-corrected chi connectivity index (χ2v) is 7.40. The lowest BCUT2D eigenvalue weighted by Gasteiger charge is -2.28. The van der Waals surface area contributed by atoms with E-state index in [1.165, 1.54) is 0 Å². The minimum Gasteiger partial charge on any atom is -0.347 e. The van der Waals surface area contributed by atoms with Gasteiger partial charge in [-0.3, -0.25) is 9.59 Å². The average Bonchev–Trinajstić information content (AvgIpc) is 3.08. The fourth-order valence-corrected chi connectivity index (χ4v) is 3.24. The van der Waals surface area contributed by atoms with Crippen molar-refractivity contribution >= 4 is 11.8 Å². The molecule has 1 aliphatic rings. The summed E-state index contributed by atoms with van der Waals surface area (Å²) in [5, 5.41) is 15.2. The largest absolute Gasteiger partial charge is 0.347 e. The molecular formula is C20H28N4O2. The van der Waals surface area contributed by atoms with Gasteiger partial charge >= 0.3 is 0 Å². The number of benzene rings is 1. The molecule has 0 aliphatic carbocycles. The quantitative estimate of drug-likeness (QED) is 0.782. The number of amides is 2. The molecule has 0 saturated carbocycles. The standard InChI is InChI=1S/C20H28N4O2/c1-15(22-14-19(26)24-11-7-10-17(24)13-21)12-18(25)23-20(2,3)16-8-5-4-6-9-16/h4-6,8-9,15,17,22H,7,10-12,14H2,1-3H3,(H,23,25)/t15-,17-/m0/s1. The molecule has 0 bridgehead atoms. The van der Waals surface area contributed by atoms with Crippen molar-refractivity contribution < 1.29 is 9.59 Å². The predicted octanol–water partition coefficient (Wildman–Crippen LogP) is 1.92. The molecule has 0 unspecified atom stereocenters. The third-order valence-electron chi connectivity index (χ3n) is 4.76. The van der Waals surface area contributed by atoms with Gasteiger partial charge in [-0.15, -0.1) is 0 Å². The molecule has 0 spiro atoms. The Bertz CT molecular complexity index is 666. The van der Waals surface area contributed by atoms with E-state index in [1.807, 2.05) is 51.1 Å². The highest BCUT2D eigenvalue weighted by Crippen LogP contribution is 2.19. The molecule has 2 atom stereocenters. The van der Waals surface area contributed by atoms with Crippen molar-refractivity contribution in [3.8, 4) is 6.07 Å². The van der Waals surface area contributed by atoms with E-state index < -0.39 is 5.54 Å². The third-order valence-corrected chi connectivity index (χ3v) is 4.76. The van der Waals surface area contributed by atoms with Crippen LogP contribution in [0.3, 0.4) is 0 Å². The maximum absolute atomic E-state index is 12.4. The van der Waals surface area contributed by atoms with Gasteiger partial charge in [-0.1, -0.05) is 30.3 Å². The molecule has 140 valence electrons.